The number of nitrogens with one attached hydrogen (secondary N) is 1. The predicted octanol–water partition coefficient (Wildman–Crippen LogP) is 3.27. The van der Waals surface area contributed by atoms with Crippen LogP contribution in [0.3, 0.4) is 0 Å². The molecule has 5 rings (SSSR count). The van der Waals surface area contributed by atoms with Crippen molar-refractivity contribution in [2.24, 2.45) is 0 Å². The van der Waals surface area contributed by atoms with Gasteiger partial charge in [-0.05, 0) is 45.3 Å². The molecule has 1 amide bonds. The number of imidazole rings is 1. The Morgan fingerprint density at radius 3 is 2.56 bits per heavy atom. The lowest BCUT2D eigenvalue weighted by molar-refractivity contribution is -0.140. The molecule has 0 aliphatic carbocycles. The number of H-pyrrole nitrogens is 1. The fraction of sp³-hybridized carbons (Fsp3) is 0.346. The Labute approximate surface area is 208 Å². The number of amides is 1. The third-order valence-electron chi connectivity index (χ3n) is 6.96. The molecule has 0 bridgehead atoms. The summed E-state index contributed by atoms with van der Waals surface area (Å²) in [5.41, 5.74) is 12.2. The summed E-state index contributed by atoms with van der Waals surface area (Å²) in [5.74, 6) is 1.01. The quantitative estimate of drug-likeness (QED) is 0.393. The van der Waals surface area contributed by atoms with E-state index in [-0.39, 0.29) is 23.9 Å². The Kier molecular flexibility index (Phi) is 6.05. The van der Waals surface area contributed by atoms with Gasteiger partial charge in [0.1, 0.15) is 18.1 Å². The monoisotopic (exact) mass is 486 g/mol. The van der Waals surface area contributed by atoms with Crippen LogP contribution in [0.4, 0.5) is 5.82 Å². The van der Waals surface area contributed by atoms with Gasteiger partial charge in [0.15, 0.2) is 11.5 Å². The zero-order valence-electron chi connectivity index (χ0n) is 20.6. The Hall–Kier alpha value is -4.05. The zero-order chi connectivity index (χ0) is 25.6. The Balaban J connectivity index is 1.58. The minimum absolute atomic E-state index is 0.0432. The van der Waals surface area contributed by atoms with E-state index in [2.05, 4.69) is 26.6 Å². The number of likely N-dealkylation sites (tertiary alicyclic amines) is 1. The van der Waals surface area contributed by atoms with Crippen LogP contribution in [0, 0.1) is 0 Å². The number of aromatic nitrogens is 6. The molecular weight excluding hydrogens is 456 g/mol. The molecule has 36 heavy (non-hydrogen) atoms. The van der Waals surface area contributed by atoms with Gasteiger partial charge in [0.05, 0.1) is 11.9 Å². The SMILES string of the molecule is C=C(C)c1c([C@@H]2CC(C)N(C(=O)CO)[C@@H](C)C2)nc2c(-c3ccc(-c4ncc[nH]4)nc3)cnn2c1N. The minimum Gasteiger partial charge on any atom is -0.387 e. The van der Waals surface area contributed by atoms with Crippen molar-refractivity contribution in [1.82, 2.24) is 34.4 Å². The van der Waals surface area contributed by atoms with Crippen molar-refractivity contribution in [1.29, 1.82) is 0 Å². The molecule has 1 fully saturated rings. The van der Waals surface area contributed by atoms with E-state index in [0.29, 0.717) is 30.1 Å². The van der Waals surface area contributed by atoms with Crippen LogP contribution in [0.5, 0.6) is 0 Å². The number of nitrogen functional groups attached to an aromatic ring is 1. The highest BCUT2D eigenvalue weighted by atomic mass is 16.3. The van der Waals surface area contributed by atoms with Gasteiger partial charge in [0.2, 0.25) is 5.91 Å². The maximum atomic E-state index is 12.3. The highest BCUT2D eigenvalue weighted by molar-refractivity contribution is 5.82. The third-order valence-corrected chi connectivity index (χ3v) is 6.96. The van der Waals surface area contributed by atoms with Gasteiger partial charge in [-0.2, -0.15) is 9.61 Å². The molecule has 0 aromatic carbocycles. The summed E-state index contributed by atoms with van der Waals surface area (Å²) in [6, 6.07) is 3.79. The number of anilines is 1. The van der Waals surface area contributed by atoms with Crippen LogP contribution in [0.25, 0.3) is 33.9 Å². The largest absolute Gasteiger partial charge is 0.387 e. The first-order chi connectivity index (χ1) is 17.3. The molecule has 4 aromatic heterocycles. The second kappa shape index (κ2) is 9.19. The van der Waals surface area contributed by atoms with Gasteiger partial charge in [-0.25, -0.2) is 9.97 Å². The Morgan fingerprint density at radius 1 is 1.22 bits per heavy atom. The minimum atomic E-state index is -0.487. The van der Waals surface area contributed by atoms with Gasteiger partial charge < -0.3 is 20.7 Å². The van der Waals surface area contributed by atoms with Gasteiger partial charge in [-0.3, -0.25) is 9.78 Å². The lowest BCUT2D eigenvalue weighted by atomic mass is 9.82. The van der Waals surface area contributed by atoms with E-state index >= 15 is 0 Å². The number of hydrogen-bond acceptors (Lipinski definition) is 7. The van der Waals surface area contributed by atoms with Crippen molar-refractivity contribution in [3.63, 3.8) is 0 Å². The van der Waals surface area contributed by atoms with Crippen molar-refractivity contribution in [2.75, 3.05) is 12.3 Å². The summed E-state index contributed by atoms with van der Waals surface area (Å²) in [6.07, 6.45) is 8.40. The van der Waals surface area contributed by atoms with Gasteiger partial charge in [-0.1, -0.05) is 12.6 Å². The molecular formula is C26H30N8O2. The van der Waals surface area contributed by atoms with Crippen molar-refractivity contribution in [2.45, 2.75) is 51.6 Å². The molecule has 3 atom stereocenters. The predicted molar refractivity (Wildman–Crippen MR) is 138 cm³/mol. The topological polar surface area (TPSA) is 138 Å². The number of aliphatic hydroxyl groups excluding tert-OH is 1. The number of piperidine rings is 1. The Bertz CT molecular complexity index is 1410. The van der Waals surface area contributed by atoms with Crippen LogP contribution in [0.2, 0.25) is 0 Å². The first kappa shape index (κ1) is 23.7. The van der Waals surface area contributed by atoms with Crippen molar-refractivity contribution >= 4 is 22.9 Å². The molecule has 5 heterocycles. The van der Waals surface area contributed by atoms with Crippen LogP contribution in [-0.4, -0.2) is 64.2 Å². The number of pyridine rings is 1. The normalized spacial score (nSPS) is 20.1. The van der Waals surface area contributed by atoms with Gasteiger partial charge in [0.25, 0.3) is 0 Å². The summed E-state index contributed by atoms with van der Waals surface area (Å²) in [4.78, 5) is 31.1. The molecule has 186 valence electrons. The maximum absolute atomic E-state index is 12.3. The average Bonchev–Trinajstić information content (AvgIpc) is 3.54. The second-order valence-corrected chi connectivity index (χ2v) is 9.53. The molecule has 1 aliphatic rings. The molecule has 10 nitrogen and oxygen atoms in total. The number of carbonyl (C=O) groups excluding carboxylic acids is 1. The number of hydrogen-bond donors (Lipinski definition) is 3. The van der Waals surface area contributed by atoms with Crippen molar-refractivity contribution < 1.29 is 9.90 Å². The number of fused-ring (bicyclic) bond motifs is 1. The van der Waals surface area contributed by atoms with Gasteiger partial charge in [-0.15, -0.1) is 0 Å². The summed E-state index contributed by atoms with van der Waals surface area (Å²) in [5, 5.41) is 13.9. The van der Waals surface area contributed by atoms with Gasteiger partial charge in [0, 0.05) is 53.3 Å². The van der Waals surface area contributed by atoms with Gasteiger partial charge >= 0.3 is 0 Å². The summed E-state index contributed by atoms with van der Waals surface area (Å²) in [7, 11) is 0. The number of aliphatic hydroxyl groups is 1. The molecule has 10 heteroatoms. The van der Waals surface area contributed by atoms with E-state index in [1.54, 1.807) is 34.2 Å². The summed E-state index contributed by atoms with van der Waals surface area (Å²) >= 11 is 0. The van der Waals surface area contributed by atoms with Crippen LogP contribution >= 0.6 is 0 Å². The first-order valence-electron chi connectivity index (χ1n) is 12.0. The lowest BCUT2D eigenvalue weighted by Crippen LogP contribution is -2.50. The number of carbonyl (C=O) groups is 1. The lowest BCUT2D eigenvalue weighted by Gasteiger charge is -2.42. The van der Waals surface area contributed by atoms with E-state index in [9.17, 15) is 9.90 Å². The van der Waals surface area contributed by atoms with Crippen LogP contribution in [0.15, 0.2) is 43.5 Å². The first-order valence-corrected chi connectivity index (χ1v) is 12.0. The fourth-order valence-electron chi connectivity index (χ4n) is 5.45. The molecule has 0 saturated carbocycles. The van der Waals surface area contributed by atoms with Crippen LogP contribution in [-0.2, 0) is 4.79 Å². The van der Waals surface area contributed by atoms with E-state index in [0.717, 1.165) is 33.7 Å². The van der Waals surface area contributed by atoms with E-state index in [4.69, 9.17) is 10.7 Å². The number of allylic oxidation sites excluding steroid dienone is 1. The van der Waals surface area contributed by atoms with Crippen LogP contribution < -0.4 is 5.73 Å². The van der Waals surface area contributed by atoms with E-state index in [1.165, 1.54) is 0 Å². The van der Waals surface area contributed by atoms with E-state index < -0.39 is 6.61 Å². The molecule has 4 N–H and O–H groups in total. The average molecular weight is 487 g/mol. The molecule has 1 unspecified atom stereocenters. The molecule has 0 radical (unpaired) electrons. The molecule has 1 saturated heterocycles. The Morgan fingerprint density at radius 2 is 1.97 bits per heavy atom. The maximum Gasteiger partial charge on any atom is 0.248 e. The van der Waals surface area contributed by atoms with Crippen molar-refractivity contribution in [3.8, 4) is 22.6 Å². The summed E-state index contributed by atoms with van der Waals surface area (Å²) < 4.78 is 1.65. The van der Waals surface area contributed by atoms with Crippen molar-refractivity contribution in [3.05, 3.63) is 54.8 Å². The second-order valence-electron chi connectivity index (χ2n) is 9.53. The highest BCUT2D eigenvalue weighted by Gasteiger charge is 2.36. The smallest absolute Gasteiger partial charge is 0.248 e. The molecule has 1 aliphatic heterocycles. The number of nitrogens with two attached hydrogens (primary N) is 1. The number of nitrogens with zero attached hydrogens (tertiary/aromatic N) is 6. The number of aromatic amines is 1. The van der Waals surface area contributed by atoms with Crippen LogP contribution in [0.1, 0.15) is 50.8 Å². The standard InChI is InChI=1S/C26H30N8O2/c1-14(2)22-23(18-9-15(3)33(16(4)10-18)21(36)13-35)32-26-19(12-31-34(26)24(22)27)17-5-6-20(30-11-17)25-28-7-8-29-25/h5-8,11-12,15-16,18,35H,1,9-10,13,27H2,2-4H3,(H,28,29)/t15-,16?,18-/m0/s1. The molecule has 0 spiro atoms. The summed E-state index contributed by atoms with van der Waals surface area (Å²) in [6.45, 7) is 9.61. The third kappa shape index (κ3) is 3.93. The highest BCUT2D eigenvalue weighted by Crippen LogP contribution is 2.40. The number of rotatable bonds is 5. The molecule has 4 aromatic rings. The fourth-order valence-corrected chi connectivity index (χ4v) is 5.45. The zero-order valence-corrected chi connectivity index (χ0v) is 20.6. The van der Waals surface area contributed by atoms with E-state index in [1.807, 2.05) is 32.9 Å².